The van der Waals surface area contributed by atoms with Crippen molar-refractivity contribution >= 4 is 23.5 Å². The molecule has 0 spiro atoms. The highest BCUT2D eigenvalue weighted by molar-refractivity contribution is 6.24. The molecule has 16 heavy (non-hydrogen) atoms. The van der Waals surface area contributed by atoms with Gasteiger partial charge in [-0.05, 0) is 24.1 Å². The van der Waals surface area contributed by atoms with E-state index in [9.17, 15) is 9.59 Å². The van der Waals surface area contributed by atoms with Crippen molar-refractivity contribution < 1.29 is 9.59 Å². The van der Waals surface area contributed by atoms with E-state index in [1.54, 1.807) is 13.1 Å². The Bertz CT molecular complexity index is 628. The van der Waals surface area contributed by atoms with Crippen LogP contribution in [0.5, 0.6) is 0 Å². The zero-order chi connectivity index (χ0) is 11.3. The lowest BCUT2D eigenvalue weighted by molar-refractivity contribution is -0.122. The molecule has 0 aromatic heterocycles. The Hall–Kier alpha value is -1.90. The predicted molar refractivity (Wildman–Crippen MR) is 59.9 cm³/mol. The fraction of sp³-hybridized carbons (Fsp3) is 0.231. The molecule has 0 saturated carbocycles. The third-order valence-electron chi connectivity index (χ3n) is 3.25. The van der Waals surface area contributed by atoms with Gasteiger partial charge in [0.2, 0.25) is 0 Å². The second-order valence-electron chi connectivity index (χ2n) is 4.16. The highest BCUT2D eigenvalue weighted by Crippen LogP contribution is 2.17. The number of amides is 2. The summed E-state index contributed by atoms with van der Waals surface area (Å²) in [6.07, 6.45) is 3.70. The Balaban J connectivity index is 2.53. The quantitative estimate of drug-likeness (QED) is 0.570. The number of carbonyl (C=O) groups excluding carboxylic acids is 2. The smallest absolute Gasteiger partial charge is 0.261 e. The third kappa shape index (κ3) is 1.03. The average molecular weight is 213 g/mol. The fourth-order valence-corrected chi connectivity index (χ4v) is 2.44. The van der Waals surface area contributed by atoms with Crippen molar-refractivity contribution in [2.75, 3.05) is 7.05 Å². The highest BCUT2D eigenvalue weighted by atomic mass is 16.2. The van der Waals surface area contributed by atoms with Gasteiger partial charge in [-0.1, -0.05) is 18.2 Å². The van der Waals surface area contributed by atoms with Crippen molar-refractivity contribution in [3.05, 3.63) is 34.2 Å². The number of hydrogen-bond donors (Lipinski definition) is 0. The summed E-state index contributed by atoms with van der Waals surface area (Å²) in [7, 11) is 1.55. The van der Waals surface area contributed by atoms with E-state index in [0.717, 1.165) is 28.9 Å². The van der Waals surface area contributed by atoms with Gasteiger partial charge < -0.3 is 0 Å². The normalized spacial score (nSPS) is 18.3. The monoisotopic (exact) mass is 213 g/mol. The molecule has 0 fully saturated rings. The number of nitrogens with zero attached hydrogens (tertiary/aromatic N) is 1. The van der Waals surface area contributed by atoms with Gasteiger partial charge >= 0.3 is 0 Å². The van der Waals surface area contributed by atoms with Crippen LogP contribution in [0.25, 0.3) is 11.6 Å². The summed E-state index contributed by atoms with van der Waals surface area (Å²) in [6.45, 7) is 0. The summed E-state index contributed by atoms with van der Waals surface area (Å²) >= 11 is 0. The van der Waals surface area contributed by atoms with Crippen LogP contribution >= 0.6 is 0 Å². The minimum atomic E-state index is -0.194. The van der Waals surface area contributed by atoms with Gasteiger partial charge in [0.25, 0.3) is 11.8 Å². The van der Waals surface area contributed by atoms with Gasteiger partial charge in [-0.15, -0.1) is 0 Å². The van der Waals surface area contributed by atoms with Crippen molar-refractivity contribution in [2.24, 2.45) is 0 Å². The molecule has 2 aliphatic rings. The summed E-state index contributed by atoms with van der Waals surface area (Å²) in [6, 6.07) is 5.63. The molecule has 1 aromatic carbocycles. The predicted octanol–water partition coefficient (Wildman–Crippen LogP) is 0.0238. The van der Waals surface area contributed by atoms with Crippen molar-refractivity contribution in [1.82, 2.24) is 4.90 Å². The number of rotatable bonds is 0. The molecule has 1 aliphatic carbocycles. The third-order valence-corrected chi connectivity index (χ3v) is 3.25. The summed E-state index contributed by atoms with van der Waals surface area (Å²) in [5.41, 5.74) is 1.45. The summed E-state index contributed by atoms with van der Waals surface area (Å²) in [4.78, 5) is 25.1. The standard InChI is InChI=1S/C13H11NO2/c1-14-12(15)9-6-2-4-8-5-3-7-10(11(8)9)13(14)16/h2,4-6H,3,7H2,1H3. The zero-order valence-corrected chi connectivity index (χ0v) is 8.99. The fourth-order valence-electron chi connectivity index (χ4n) is 2.44. The summed E-state index contributed by atoms with van der Waals surface area (Å²) < 4.78 is 0. The molecule has 3 nitrogen and oxygen atoms in total. The van der Waals surface area contributed by atoms with Crippen LogP contribution in [0.15, 0.2) is 18.2 Å². The number of benzene rings is 1. The molecule has 0 bridgehead atoms. The summed E-state index contributed by atoms with van der Waals surface area (Å²) in [5, 5.41) is 1.88. The van der Waals surface area contributed by atoms with E-state index in [4.69, 9.17) is 0 Å². The SMILES string of the molecule is CN1C(=O)C2=c3c(cccc3=CCC2)C1=O. The Morgan fingerprint density at radius 1 is 1.19 bits per heavy atom. The van der Waals surface area contributed by atoms with E-state index in [1.165, 1.54) is 4.90 Å². The zero-order valence-electron chi connectivity index (χ0n) is 8.99. The van der Waals surface area contributed by atoms with E-state index in [-0.39, 0.29) is 11.8 Å². The molecule has 80 valence electrons. The van der Waals surface area contributed by atoms with Crippen LogP contribution in [0, 0.1) is 0 Å². The van der Waals surface area contributed by atoms with Gasteiger partial charge in [-0.25, -0.2) is 0 Å². The lowest BCUT2D eigenvalue weighted by Crippen LogP contribution is -2.49. The van der Waals surface area contributed by atoms with Crippen molar-refractivity contribution in [1.29, 1.82) is 0 Å². The topological polar surface area (TPSA) is 37.4 Å². The second-order valence-corrected chi connectivity index (χ2v) is 4.16. The average Bonchev–Trinajstić information content (AvgIpc) is 2.33. The molecule has 0 radical (unpaired) electrons. The van der Waals surface area contributed by atoms with Crippen LogP contribution in [-0.4, -0.2) is 23.8 Å². The molecule has 0 N–H and O–H groups in total. The van der Waals surface area contributed by atoms with E-state index in [1.807, 2.05) is 12.1 Å². The van der Waals surface area contributed by atoms with Gasteiger partial charge in [0, 0.05) is 23.4 Å². The molecule has 0 atom stereocenters. The lowest BCUT2D eigenvalue weighted by atomic mass is 9.92. The molecule has 0 saturated heterocycles. The van der Waals surface area contributed by atoms with E-state index in [0.29, 0.717) is 5.56 Å². The number of hydrogen-bond acceptors (Lipinski definition) is 2. The second kappa shape index (κ2) is 3.04. The van der Waals surface area contributed by atoms with Crippen molar-refractivity contribution in [3.8, 4) is 0 Å². The minimum Gasteiger partial charge on any atom is -0.278 e. The molecular formula is C13H11NO2. The highest BCUT2D eigenvalue weighted by Gasteiger charge is 2.29. The Morgan fingerprint density at radius 3 is 2.81 bits per heavy atom. The largest absolute Gasteiger partial charge is 0.278 e. The van der Waals surface area contributed by atoms with Gasteiger partial charge in [-0.2, -0.15) is 0 Å². The first-order chi connectivity index (χ1) is 7.70. The molecule has 1 aliphatic heterocycles. The van der Waals surface area contributed by atoms with Crippen LogP contribution in [0.2, 0.25) is 0 Å². The van der Waals surface area contributed by atoms with Crippen LogP contribution in [0.1, 0.15) is 23.2 Å². The first kappa shape index (κ1) is 9.33. The molecule has 2 amide bonds. The Kier molecular flexibility index (Phi) is 1.78. The van der Waals surface area contributed by atoms with Crippen LogP contribution in [0.3, 0.4) is 0 Å². The molecule has 1 heterocycles. The Labute approximate surface area is 92.7 Å². The Morgan fingerprint density at radius 2 is 2.00 bits per heavy atom. The lowest BCUT2D eigenvalue weighted by Gasteiger charge is -2.24. The van der Waals surface area contributed by atoms with Crippen LogP contribution in [0.4, 0.5) is 0 Å². The first-order valence-electron chi connectivity index (χ1n) is 5.35. The van der Waals surface area contributed by atoms with E-state index < -0.39 is 0 Å². The molecule has 3 heteroatoms. The maximum absolute atomic E-state index is 12.0. The van der Waals surface area contributed by atoms with Crippen LogP contribution in [-0.2, 0) is 4.79 Å². The maximum Gasteiger partial charge on any atom is 0.261 e. The van der Waals surface area contributed by atoms with E-state index in [2.05, 4.69) is 6.08 Å². The van der Waals surface area contributed by atoms with Gasteiger partial charge in [0.1, 0.15) is 0 Å². The van der Waals surface area contributed by atoms with Gasteiger partial charge in [0.05, 0.1) is 0 Å². The molecule has 3 rings (SSSR count). The number of imide groups is 1. The molecule has 1 aromatic rings. The van der Waals surface area contributed by atoms with E-state index >= 15 is 0 Å². The van der Waals surface area contributed by atoms with Gasteiger partial charge in [-0.3, -0.25) is 14.5 Å². The van der Waals surface area contributed by atoms with Crippen LogP contribution < -0.4 is 10.4 Å². The maximum atomic E-state index is 12.0. The summed E-state index contributed by atoms with van der Waals surface area (Å²) in [5.74, 6) is -0.334. The van der Waals surface area contributed by atoms with Crippen molar-refractivity contribution in [2.45, 2.75) is 12.8 Å². The number of carbonyl (C=O) groups is 2. The molecule has 0 unspecified atom stereocenters. The van der Waals surface area contributed by atoms with Crippen molar-refractivity contribution in [3.63, 3.8) is 0 Å². The minimum absolute atomic E-state index is 0.141. The molecular weight excluding hydrogens is 202 g/mol. The first-order valence-corrected chi connectivity index (χ1v) is 5.35. The van der Waals surface area contributed by atoms with Gasteiger partial charge in [0.15, 0.2) is 0 Å².